The number of rotatable bonds is 4. The third-order valence-corrected chi connectivity index (χ3v) is 3.19. The van der Waals surface area contributed by atoms with Gasteiger partial charge in [0.2, 0.25) is 0 Å². The van der Waals surface area contributed by atoms with Gasteiger partial charge in [0.25, 0.3) is 0 Å². The molecule has 1 aromatic carbocycles. The third-order valence-electron chi connectivity index (χ3n) is 3.19. The second-order valence-electron chi connectivity index (χ2n) is 6.00. The second-order valence-corrected chi connectivity index (χ2v) is 6.00. The molecular formula is C17H23N3. The van der Waals surface area contributed by atoms with Gasteiger partial charge in [0.1, 0.15) is 0 Å². The lowest BCUT2D eigenvalue weighted by Gasteiger charge is -2.25. The summed E-state index contributed by atoms with van der Waals surface area (Å²) in [5.41, 5.74) is 3.66. The predicted octanol–water partition coefficient (Wildman–Crippen LogP) is 3.74. The molecule has 20 heavy (non-hydrogen) atoms. The van der Waals surface area contributed by atoms with Crippen LogP contribution in [0, 0.1) is 0 Å². The summed E-state index contributed by atoms with van der Waals surface area (Å²) >= 11 is 0. The fourth-order valence-electron chi connectivity index (χ4n) is 2.03. The molecule has 0 saturated heterocycles. The monoisotopic (exact) mass is 269 g/mol. The molecule has 0 spiro atoms. The highest BCUT2D eigenvalue weighted by Gasteiger charge is 2.13. The van der Waals surface area contributed by atoms with Gasteiger partial charge in [0.05, 0.1) is 0 Å². The SMILES string of the molecule is CN(c1ccccc1)c1ccncc1CNC(C)(C)C. The van der Waals surface area contributed by atoms with Crippen molar-refractivity contribution in [3.05, 3.63) is 54.4 Å². The van der Waals surface area contributed by atoms with Crippen LogP contribution in [0.2, 0.25) is 0 Å². The highest BCUT2D eigenvalue weighted by molar-refractivity contribution is 5.64. The van der Waals surface area contributed by atoms with Crippen LogP contribution in [0.4, 0.5) is 11.4 Å². The van der Waals surface area contributed by atoms with Crippen molar-refractivity contribution in [1.29, 1.82) is 0 Å². The van der Waals surface area contributed by atoms with Gasteiger partial charge in [-0.25, -0.2) is 0 Å². The van der Waals surface area contributed by atoms with E-state index in [1.165, 1.54) is 16.9 Å². The van der Waals surface area contributed by atoms with Crippen LogP contribution < -0.4 is 10.2 Å². The number of hydrogen-bond acceptors (Lipinski definition) is 3. The van der Waals surface area contributed by atoms with E-state index >= 15 is 0 Å². The Labute approximate surface area is 121 Å². The van der Waals surface area contributed by atoms with Crippen LogP contribution in [-0.4, -0.2) is 17.6 Å². The maximum atomic E-state index is 4.26. The van der Waals surface area contributed by atoms with Crippen LogP contribution in [-0.2, 0) is 6.54 Å². The molecule has 106 valence electrons. The van der Waals surface area contributed by atoms with E-state index in [1.807, 2.05) is 18.5 Å². The summed E-state index contributed by atoms with van der Waals surface area (Å²) in [7, 11) is 2.09. The molecule has 0 atom stereocenters. The average molecular weight is 269 g/mol. The minimum absolute atomic E-state index is 0.0957. The van der Waals surface area contributed by atoms with E-state index in [9.17, 15) is 0 Å². The standard InChI is InChI=1S/C17H23N3/c1-17(2,3)19-13-14-12-18-11-10-16(14)20(4)15-8-6-5-7-9-15/h5-12,19H,13H2,1-4H3. The molecule has 0 aliphatic rings. The van der Waals surface area contributed by atoms with Crippen LogP contribution in [0.25, 0.3) is 0 Å². The van der Waals surface area contributed by atoms with Crippen molar-refractivity contribution in [3.63, 3.8) is 0 Å². The quantitative estimate of drug-likeness (QED) is 0.916. The summed E-state index contributed by atoms with van der Waals surface area (Å²) in [6.45, 7) is 7.32. The molecule has 3 heteroatoms. The molecule has 1 aromatic heterocycles. The molecule has 0 radical (unpaired) electrons. The summed E-state index contributed by atoms with van der Waals surface area (Å²) < 4.78 is 0. The van der Waals surface area contributed by atoms with Crippen molar-refractivity contribution >= 4 is 11.4 Å². The lowest BCUT2D eigenvalue weighted by atomic mass is 10.1. The van der Waals surface area contributed by atoms with Gasteiger partial charge in [-0.3, -0.25) is 4.98 Å². The van der Waals surface area contributed by atoms with Crippen LogP contribution in [0.15, 0.2) is 48.8 Å². The number of anilines is 2. The third kappa shape index (κ3) is 3.81. The van der Waals surface area contributed by atoms with Crippen LogP contribution >= 0.6 is 0 Å². The first-order valence-electron chi connectivity index (χ1n) is 6.94. The van der Waals surface area contributed by atoms with E-state index in [0.717, 1.165) is 6.54 Å². The maximum absolute atomic E-state index is 4.26. The highest BCUT2D eigenvalue weighted by Crippen LogP contribution is 2.26. The van der Waals surface area contributed by atoms with Gasteiger partial charge >= 0.3 is 0 Å². The molecule has 0 bridgehead atoms. The van der Waals surface area contributed by atoms with E-state index in [-0.39, 0.29) is 5.54 Å². The van der Waals surface area contributed by atoms with Crippen LogP contribution in [0.5, 0.6) is 0 Å². The number of hydrogen-bond donors (Lipinski definition) is 1. The Bertz CT molecular complexity index is 544. The molecule has 0 amide bonds. The number of nitrogens with one attached hydrogen (secondary N) is 1. The Kier molecular flexibility index (Phi) is 4.40. The average Bonchev–Trinajstić information content (AvgIpc) is 2.45. The molecule has 0 aliphatic carbocycles. The zero-order valence-electron chi connectivity index (χ0n) is 12.7. The lowest BCUT2D eigenvalue weighted by molar-refractivity contribution is 0.424. The van der Waals surface area contributed by atoms with E-state index < -0.39 is 0 Å². The molecule has 0 unspecified atom stereocenters. The summed E-state index contributed by atoms with van der Waals surface area (Å²) in [5, 5.41) is 3.52. The van der Waals surface area contributed by atoms with Crippen molar-refractivity contribution in [1.82, 2.24) is 10.3 Å². The Morgan fingerprint density at radius 3 is 2.45 bits per heavy atom. The van der Waals surface area contributed by atoms with E-state index in [4.69, 9.17) is 0 Å². The summed E-state index contributed by atoms with van der Waals surface area (Å²) in [6.07, 6.45) is 3.78. The van der Waals surface area contributed by atoms with Crippen LogP contribution in [0.1, 0.15) is 26.3 Å². The van der Waals surface area contributed by atoms with Crippen molar-refractivity contribution in [3.8, 4) is 0 Å². The Hall–Kier alpha value is -1.87. The zero-order chi connectivity index (χ0) is 14.6. The smallest absolute Gasteiger partial charge is 0.0484 e. The minimum atomic E-state index is 0.0957. The first kappa shape index (κ1) is 14.5. The summed E-state index contributed by atoms with van der Waals surface area (Å²) in [4.78, 5) is 6.45. The predicted molar refractivity (Wildman–Crippen MR) is 85.3 cm³/mol. The Balaban J connectivity index is 2.23. The molecular weight excluding hydrogens is 246 g/mol. The van der Waals surface area contributed by atoms with Gasteiger partial charge in [0.15, 0.2) is 0 Å². The van der Waals surface area contributed by atoms with Gasteiger partial charge in [-0.15, -0.1) is 0 Å². The Morgan fingerprint density at radius 2 is 1.80 bits per heavy atom. The zero-order valence-corrected chi connectivity index (χ0v) is 12.7. The molecule has 2 rings (SSSR count). The normalized spacial score (nSPS) is 11.4. The largest absolute Gasteiger partial charge is 0.344 e. The van der Waals surface area contributed by atoms with E-state index in [0.29, 0.717) is 0 Å². The molecule has 0 aliphatic heterocycles. The fraction of sp³-hybridized carbons (Fsp3) is 0.353. The van der Waals surface area contributed by atoms with Gasteiger partial charge in [-0.1, -0.05) is 18.2 Å². The number of para-hydroxylation sites is 1. The Morgan fingerprint density at radius 1 is 1.10 bits per heavy atom. The maximum Gasteiger partial charge on any atom is 0.0484 e. The number of pyridine rings is 1. The summed E-state index contributed by atoms with van der Waals surface area (Å²) in [5.74, 6) is 0. The highest BCUT2D eigenvalue weighted by atomic mass is 15.1. The fourth-order valence-corrected chi connectivity index (χ4v) is 2.03. The van der Waals surface area contributed by atoms with Gasteiger partial charge < -0.3 is 10.2 Å². The minimum Gasteiger partial charge on any atom is -0.344 e. The first-order valence-corrected chi connectivity index (χ1v) is 6.94. The second kappa shape index (κ2) is 6.06. The topological polar surface area (TPSA) is 28.2 Å². The molecule has 2 aromatic rings. The van der Waals surface area contributed by atoms with Crippen molar-refractivity contribution in [2.24, 2.45) is 0 Å². The van der Waals surface area contributed by atoms with Gasteiger partial charge in [-0.2, -0.15) is 0 Å². The first-order chi connectivity index (χ1) is 9.47. The number of nitrogens with zero attached hydrogens (tertiary/aromatic N) is 2. The molecule has 3 nitrogen and oxygen atoms in total. The number of benzene rings is 1. The van der Waals surface area contributed by atoms with Crippen LogP contribution in [0.3, 0.4) is 0 Å². The molecule has 0 fully saturated rings. The van der Waals surface area contributed by atoms with Crippen molar-refractivity contribution < 1.29 is 0 Å². The lowest BCUT2D eigenvalue weighted by Crippen LogP contribution is -2.35. The molecule has 1 N–H and O–H groups in total. The number of aromatic nitrogens is 1. The van der Waals surface area contributed by atoms with Crippen molar-refractivity contribution in [2.75, 3.05) is 11.9 Å². The van der Waals surface area contributed by atoms with Gasteiger partial charge in [0, 0.05) is 48.5 Å². The van der Waals surface area contributed by atoms with Crippen molar-refractivity contribution in [2.45, 2.75) is 32.9 Å². The molecule has 0 saturated carbocycles. The van der Waals surface area contributed by atoms with Gasteiger partial charge in [-0.05, 0) is 39.0 Å². The van der Waals surface area contributed by atoms with E-state index in [2.05, 4.69) is 73.4 Å². The molecule has 1 heterocycles. The van der Waals surface area contributed by atoms with E-state index in [1.54, 1.807) is 0 Å². The summed E-state index contributed by atoms with van der Waals surface area (Å²) in [6, 6.07) is 12.4.